The van der Waals surface area contributed by atoms with Gasteiger partial charge in [0.2, 0.25) is 23.6 Å². The molecule has 27 heteroatoms. The number of hydrogen-bond acceptors (Lipinski definition) is 14. The smallest absolute Gasteiger partial charge is 0.336 e. The highest BCUT2D eigenvalue weighted by atomic mass is 32.1. The van der Waals surface area contributed by atoms with Gasteiger partial charge in [0.05, 0.1) is 18.2 Å². The fourth-order valence-electron chi connectivity index (χ4n) is 7.69. The van der Waals surface area contributed by atoms with Gasteiger partial charge in [-0.15, -0.1) is 0 Å². The zero-order valence-corrected chi connectivity index (χ0v) is 41.4. The number of anilines is 1. The minimum absolute atomic E-state index is 0.0836. The fourth-order valence-corrected chi connectivity index (χ4v) is 7.88. The average Bonchev–Trinajstić information content (AvgIpc) is 3.43. The van der Waals surface area contributed by atoms with E-state index in [0.29, 0.717) is 22.3 Å². The van der Waals surface area contributed by atoms with E-state index in [2.05, 4.69) is 31.9 Å². The number of aliphatic hydroxyl groups is 1. The van der Waals surface area contributed by atoms with Gasteiger partial charge in [-0.1, -0.05) is 48.6 Å². The summed E-state index contributed by atoms with van der Waals surface area (Å²) < 4.78 is 5.94. The molecule has 2 aliphatic rings. The summed E-state index contributed by atoms with van der Waals surface area (Å²) in [6.45, 7) is -0.808. The number of phenols is 1. The summed E-state index contributed by atoms with van der Waals surface area (Å²) in [5.74, 6) is -9.81. The predicted octanol–water partition coefficient (Wildman–Crippen LogP) is 0.546. The lowest BCUT2D eigenvalue weighted by molar-refractivity contribution is -0.143. The molecule has 1 heterocycles. The van der Waals surface area contributed by atoms with E-state index >= 15 is 0 Å². The van der Waals surface area contributed by atoms with Crippen LogP contribution in [0.4, 0.5) is 10.5 Å². The second kappa shape index (κ2) is 27.8. The molecule has 0 bridgehead atoms. The minimum atomic E-state index is -1.64. The van der Waals surface area contributed by atoms with Crippen LogP contribution in [0.1, 0.15) is 65.6 Å². The number of aromatic hydroxyl groups is 1. The van der Waals surface area contributed by atoms with Crippen LogP contribution in [-0.4, -0.2) is 150 Å². The Bertz CT molecular complexity index is 2890. The van der Waals surface area contributed by atoms with E-state index in [1.807, 2.05) is 10.6 Å². The molecule has 0 fully saturated rings. The molecule has 15 N–H and O–H groups in total. The number of carboxylic acids is 5. The normalized spacial score (nSPS) is 14.7. The molecule has 5 atom stereocenters. The van der Waals surface area contributed by atoms with Crippen molar-refractivity contribution in [2.24, 2.45) is 0 Å². The molecule has 1 aliphatic heterocycles. The van der Waals surface area contributed by atoms with Crippen molar-refractivity contribution in [1.82, 2.24) is 37.2 Å². The number of carbonyl (C=O) groups is 10. The number of thiocarbonyl (C=S) groups is 1. The van der Waals surface area contributed by atoms with Crippen molar-refractivity contribution in [3.63, 3.8) is 0 Å². The molecule has 0 saturated carbocycles. The molecule has 408 valence electrons. The van der Waals surface area contributed by atoms with E-state index in [1.54, 1.807) is 48.5 Å². The average molecular weight is 1090 g/mol. The summed E-state index contributed by atoms with van der Waals surface area (Å²) in [4.78, 5) is 123. The Morgan fingerprint density at radius 3 is 1.81 bits per heavy atom. The Kier molecular flexibility index (Phi) is 21.1. The van der Waals surface area contributed by atoms with Crippen LogP contribution in [-0.2, 0) is 44.8 Å². The summed E-state index contributed by atoms with van der Waals surface area (Å²) in [6.07, 6.45) is 0.766. The van der Waals surface area contributed by atoms with Crippen molar-refractivity contribution in [2.75, 3.05) is 25.0 Å². The zero-order valence-electron chi connectivity index (χ0n) is 40.6. The van der Waals surface area contributed by atoms with Crippen LogP contribution in [0, 0.1) is 0 Å². The number of hydrogen-bond donors (Lipinski definition) is 15. The summed E-state index contributed by atoms with van der Waals surface area (Å²) >= 11 is 5.40. The summed E-state index contributed by atoms with van der Waals surface area (Å²) in [7, 11) is 0. The molecule has 5 rings (SSSR count). The number of allylic oxidation sites excluding steroid dienone is 1. The Labute approximate surface area is 442 Å². The number of aliphatic hydroxyl groups excluding tert-OH is 1. The zero-order chi connectivity index (χ0) is 56.3. The molecule has 3 aromatic rings. The number of aromatic carboxylic acids is 1. The van der Waals surface area contributed by atoms with Gasteiger partial charge < -0.3 is 83.0 Å². The third kappa shape index (κ3) is 17.9. The summed E-state index contributed by atoms with van der Waals surface area (Å²) in [6, 6.07) is 9.81. The molecule has 0 saturated heterocycles. The number of rotatable bonds is 27. The first kappa shape index (κ1) is 58.5. The van der Waals surface area contributed by atoms with Crippen molar-refractivity contribution in [2.45, 2.75) is 75.2 Å². The first-order valence-corrected chi connectivity index (χ1v) is 23.9. The topological polar surface area (TPSA) is 418 Å². The number of carbonyl (C=O) groups excluding carboxylic acids is 5. The number of urea groups is 1. The molecule has 6 amide bonds. The van der Waals surface area contributed by atoms with Gasteiger partial charge in [0.1, 0.15) is 41.4 Å². The van der Waals surface area contributed by atoms with E-state index in [-0.39, 0.29) is 58.7 Å². The molecule has 0 radical (unpaired) electrons. The van der Waals surface area contributed by atoms with Gasteiger partial charge in [-0.25, -0.2) is 24.0 Å². The van der Waals surface area contributed by atoms with Crippen LogP contribution in [0.25, 0.3) is 5.57 Å². The maximum absolute atomic E-state index is 13.6. The van der Waals surface area contributed by atoms with Gasteiger partial charge in [-0.2, -0.15) is 0 Å². The minimum Gasteiger partial charge on any atom is -0.508 e. The van der Waals surface area contributed by atoms with Crippen LogP contribution >= 0.6 is 12.2 Å². The highest BCUT2D eigenvalue weighted by Gasteiger charge is 2.31. The standard InChI is InChI=1S/C50H54N8O18S/c59-27-7-10-30-37(22-27)76-38-23-28(60)8-11-31(38)43(30)29-9-6-26(21-32(29)45(67)68)54-50(77)53-24-41(63)55-36(20-25-4-2-1-3-5-25)44(66)56-33(46(69)70)12-15-39(61)51-18-19-52-40(62)16-13-34(47(71)72)57-49(75)58-35(48(73)74)14-17-42(64)65/h1-11,21-23,27,33-36,59-60H,12-20,24H2,(H,51,61)(H,52,62)(H,55,63)(H,56,66)(H,64,65)(H,67,68)(H,69,70)(H,71,72)(H,73,74)(H2,53,54,77)(H2,57,58,75)/t27?,33-,34+,35+,36?/m1/s1. The molecule has 26 nitrogen and oxygen atoms in total. The Morgan fingerprint density at radius 2 is 1.22 bits per heavy atom. The predicted molar refractivity (Wildman–Crippen MR) is 273 cm³/mol. The van der Waals surface area contributed by atoms with Crippen LogP contribution in [0.5, 0.6) is 11.5 Å². The van der Waals surface area contributed by atoms with Crippen LogP contribution in [0.3, 0.4) is 0 Å². The SMILES string of the molecule is O=C(O)CC[C@H](NC(=O)N[C@@H](CCC(=O)NCCNC(=O)CC[C@@H](NC(=O)C(Cc1ccccc1)NC(=O)CNC(=S)Nc1ccc(C2=C3C=CC(O)C=C3Oc3cc(O)ccc32)c(C(=O)O)c1)C(=O)O)C(=O)O)C(=O)O. The van der Waals surface area contributed by atoms with Crippen LogP contribution in [0.2, 0.25) is 0 Å². The highest BCUT2D eigenvalue weighted by Crippen LogP contribution is 2.45. The van der Waals surface area contributed by atoms with E-state index < -0.39 is 135 Å². The third-order valence-corrected chi connectivity index (χ3v) is 11.7. The first-order valence-electron chi connectivity index (χ1n) is 23.5. The van der Waals surface area contributed by atoms with E-state index in [9.17, 15) is 78.6 Å². The lowest BCUT2D eigenvalue weighted by atomic mass is 9.85. The quantitative estimate of drug-likeness (QED) is 0.0366. The van der Waals surface area contributed by atoms with E-state index in [4.69, 9.17) is 22.1 Å². The second-order valence-corrected chi connectivity index (χ2v) is 17.6. The van der Waals surface area contributed by atoms with Gasteiger partial charge in [0, 0.05) is 67.2 Å². The van der Waals surface area contributed by atoms with E-state index in [0.717, 1.165) is 0 Å². The largest absolute Gasteiger partial charge is 0.508 e. The first-order chi connectivity index (χ1) is 36.6. The van der Waals surface area contributed by atoms with Crippen molar-refractivity contribution in [3.8, 4) is 11.5 Å². The molecular weight excluding hydrogens is 1030 g/mol. The number of phenolic OH excluding ortho intramolecular Hbond substituents is 1. The Balaban J connectivity index is 1.11. The molecule has 77 heavy (non-hydrogen) atoms. The maximum Gasteiger partial charge on any atom is 0.336 e. The highest BCUT2D eigenvalue weighted by molar-refractivity contribution is 7.80. The molecule has 0 aromatic heterocycles. The number of benzene rings is 3. The van der Waals surface area contributed by atoms with Gasteiger partial charge in [0.25, 0.3) is 0 Å². The monoisotopic (exact) mass is 1090 g/mol. The maximum atomic E-state index is 13.6. The van der Waals surface area contributed by atoms with Gasteiger partial charge >= 0.3 is 35.9 Å². The van der Waals surface area contributed by atoms with Gasteiger partial charge in [-0.05, 0) is 72.9 Å². The third-order valence-electron chi connectivity index (χ3n) is 11.5. The fraction of sp³-hybridized carbons (Fsp3) is 0.300. The van der Waals surface area contributed by atoms with Crippen molar-refractivity contribution < 1.29 is 88.4 Å². The Hall–Kier alpha value is -9.37. The number of carboxylic acid groups (broad SMARTS) is 5. The summed E-state index contributed by atoms with van der Waals surface area (Å²) in [5, 5.41) is 87.3. The van der Waals surface area contributed by atoms with Crippen molar-refractivity contribution >= 4 is 88.1 Å². The van der Waals surface area contributed by atoms with Crippen molar-refractivity contribution in [3.05, 3.63) is 119 Å². The Morgan fingerprint density at radius 1 is 0.636 bits per heavy atom. The van der Waals surface area contributed by atoms with Crippen molar-refractivity contribution in [1.29, 1.82) is 0 Å². The number of aliphatic carboxylic acids is 4. The van der Waals surface area contributed by atoms with Crippen LogP contribution in [0.15, 0.2) is 96.3 Å². The number of fused-ring (bicyclic) bond motifs is 2. The number of nitrogens with one attached hydrogen (secondary N) is 8. The lowest BCUT2D eigenvalue weighted by Crippen LogP contribution is -2.54. The lowest BCUT2D eigenvalue weighted by Gasteiger charge is -2.28. The molecular formula is C50H54N8O18S. The van der Waals surface area contributed by atoms with E-state index in [1.165, 1.54) is 36.4 Å². The van der Waals surface area contributed by atoms with Crippen LogP contribution < -0.4 is 47.3 Å². The molecule has 1 aliphatic carbocycles. The molecule has 0 spiro atoms. The van der Waals surface area contributed by atoms with Gasteiger partial charge in [0.15, 0.2) is 5.11 Å². The molecule has 2 unspecified atom stereocenters. The second-order valence-electron chi connectivity index (χ2n) is 17.1. The number of amides is 6. The number of ether oxygens (including phenoxy) is 1. The van der Waals surface area contributed by atoms with Gasteiger partial charge in [-0.3, -0.25) is 24.0 Å². The summed E-state index contributed by atoms with van der Waals surface area (Å²) in [5.41, 5.74) is 2.36. The molecule has 3 aromatic carbocycles.